The minimum atomic E-state index is -0.112. The molecule has 7 nitrogen and oxygen atoms in total. The van der Waals surface area contributed by atoms with Crippen molar-refractivity contribution >= 4 is 29.0 Å². The van der Waals surface area contributed by atoms with Crippen molar-refractivity contribution < 1.29 is 4.79 Å². The first-order valence-corrected chi connectivity index (χ1v) is 7.93. The fraction of sp³-hybridized carbons (Fsp3) is 0.250. The summed E-state index contributed by atoms with van der Waals surface area (Å²) in [7, 11) is 1.81. The Labute approximate surface area is 143 Å². The fourth-order valence-corrected chi connectivity index (χ4v) is 3.28. The van der Waals surface area contributed by atoms with Crippen LogP contribution in [0.25, 0.3) is 5.65 Å². The van der Waals surface area contributed by atoms with E-state index in [0.717, 1.165) is 5.56 Å². The van der Waals surface area contributed by atoms with Crippen molar-refractivity contribution in [1.82, 2.24) is 24.5 Å². The van der Waals surface area contributed by atoms with Crippen LogP contribution in [0.2, 0.25) is 5.02 Å². The van der Waals surface area contributed by atoms with Gasteiger partial charge in [-0.25, -0.2) is 4.98 Å². The zero-order valence-corrected chi connectivity index (χ0v) is 13.7. The number of benzene rings is 1. The Kier molecular flexibility index (Phi) is 3.57. The van der Waals surface area contributed by atoms with Crippen molar-refractivity contribution in [1.29, 1.82) is 0 Å². The Hall–Kier alpha value is -2.67. The van der Waals surface area contributed by atoms with Crippen molar-refractivity contribution in [2.75, 3.05) is 12.4 Å². The second kappa shape index (κ2) is 5.76. The molecule has 0 unspecified atom stereocenters. The van der Waals surface area contributed by atoms with Crippen LogP contribution in [0, 0.1) is 0 Å². The second-order valence-corrected chi connectivity index (χ2v) is 6.23. The van der Waals surface area contributed by atoms with Gasteiger partial charge in [0.2, 0.25) is 11.6 Å². The summed E-state index contributed by atoms with van der Waals surface area (Å²) in [6.45, 7) is 0. The Morgan fingerprint density at radius 1 is 1.29 bits per heavy atom. The number of carbonyl (C=O) groups excluding carboxylic acids is 1. The predicted octanol–water partition coefficient (Wildman–Crippen LogP) is 2.16. The van der Waals surface area contributed by atoms with E-state index in [1.54, 1.807) is 28.0 Å². The lowest BCUT2D eigenvalue weighted by atomic mass is 10.0. The number of nitrogens with one attached hydrogen (secondary N) is 1. The van der Waals surface area contributed by atoms with E-state index in [1.807, 2.05) is 31.3 Å². The van der Waals surface area contributed by atoms with Crippen molar-refractivity contribution in [2.45, 2.75) is 18.5 Å². The van der Waals surface area contributed by atoms with Crippen LogP contribution in [-0.2, 0) is 4.79 Å². The molecule has 1 aliphatic heterocycles. The quantitative estimate of drug-likeness (QED) is 0.789. The summed E-state index contributed by atoms with van der Waals surface area (Å²) in [5.74, 6) is 0.697. The zero-order chi connectivity index (χ0) is 16.7. The van der Waals surface area contributed by atoms with E-state index in [4.69, 9.17) is 11.6 Å². The van der Waals surface area contributed by atoms with E-state index in [1.165, 1.54) is 0 Å². The molecule has 0 spiro atoms. The first-order chi connectivity index (χ1) is 11.6. The Balaban J connectivity index is 1.69. The summed E-state index contributed by atoms with van der Waals surface area (Å²) in [6.07, 6.45) is 5.46. The maximum Gasteiger partial charge on any atom is 0.225 e. The van der Waals surface area contributed by atoms with E-state index in [-0.39, 0.29) is 18.0 Å². The average molecular weight is 343 g/mol. The lowest BCUT2D eigenvalue weighted by Crippen LogP contribution is -2.30. The Morgan fingerprint density at radius 3 is 2.88 bits per heavy atom. The van der Waals surface area contributed by atoms with Gasteiger partial charge in [-0.15, -0.1) is 10.2 Å². The van der Waals surface area contributed by atoms with Crippen LogP contribution in [-0.4, -0.2) is 43.5 Å². The van der Waals surface area contributed by atoms with Gasteiger partial charge in [-0.2, -0.15) is 0 Å². The summed E-state index contributed by atoms with van der Waals surface area (Å²) in [6, 6.07) is 7.35. The summed E-state index contributed by atoms with van der Waals surface area (Å²) in [4.78, 5) is 18.3. The van der Waals surface area contributed by atoms with Crippen LogP contribution in [0.15, 0.2) is 43.0 Å². The van der Waals surface area contributed by atoms with Crippen LogP contribution < -0.4 is 5.32 Å². The molecule has 1 aliphatic rings. The maximum atomic E-state index is 12.2. The molecule has 24 heavy (non-hydrogen) atoms. The van der Waals surface area contributed by atoms with Gasteiger partial charge in [0, 0.05) is 30.9 Å². The number of fused-ring (bicyclic) bond motifs is 1. The molecule has 0 radical (unpaired) electrons. The van der Waals surface area contributed by atoms with E-state index in [9.17, 15) is 4.79 Å². The molecule has 8 heteroatoms. The molecule has 2 atom stereocenters. The SMILES string of the molecule is CN1C(=O)C[C@H](Nc2nccn3cnnc23)[C@H]1c1ccc(Cl)cc1. The molecular weight excluding hydrogens is 328 g/mol. The number of likely N-dealkylation sites (tertiary alicyclic amines) is 1. The number of likely N-dealkylation sites (N-methyl/N-ethyl adjacent to an activating group) is 1. The van der Waals surface area contributed by atoms with Gasteiger partial charge in [0.05, 0.1) is 12.1 Å². The van der Waals surface area contributed by atoms with Crippen molar-refractivity contribution in [2.24, 2.45) is 0 Å². The molecule has 122 valence electrons. The summed E-state index contributed by atoms with van der Waals surface area (Å²) >= 11 is 5.98. The number of nitrogens with zero attached hydrogens (tertiary/aromatic N) is 5. The smallest absolute Gasteiger partial charge is 0.225 e. The highest BCUT2D eigenvalue weighted by atomic mass is 35.5. The largest absolute Gasteiger partial charge is 0.361 e. The molecule has 2 aromatic heterocycles. The molecule has 0 aliphatic carbocycles. The van der Waals surface area contributed by atoms with Crippen molar-refractivity contribution in [3.63, 3.8) is 0 Å². The van der Waals surface area contributed by atoms with Gasteiger partial charge >= 0.3 is 0 Å². The Morgan fingerprint density at radius 2 is 2.08 bits per heavy atom. The second-order valence-electron chi connectivity index (χ2n) is 5.79. The minimum Gasteiger partial charge on any atom is -0.361 e. The number of halogens is 1. The van der Waals surface area contributed by atoms with Crippen LogP contribution in [0.4, 0.5) is 5.82 Å². The summed E-state index contributed by atoms with van der Waals surface area (Å²) in [5, 5.41) is 12.0. The molecule has 1 amide bonds. The number of hydrogen-bond donors (Lipinski definition) is 1. The highest BCUT2D eigenvalue weighted by molar-refractivity contribution is 6.30. The van der Waals surface area contributed by atoms with Crippen molar-refractivity contribution in [3.8, 4) is 0 Å². The monoisotopic (exact) mass is 342 g/mol. The lowest BCUT2D eigenvalue weighted by molar-refractivity contribution is -0.127. The van der Waals surface area contributed by atoms with Crippen molar-refractivity contribution in [3.05, 3.63) is 53.6 Å². The highest BCUT2D eigenvalue weighted by Gasteiger charge is 2.39. The van der Waals surface area contributed by atoms with Crippen LogP contribution in [0.3, 0.4) is 0 Å². The van der Waals surface area contributed by atoms with Gasteiger partial charge in [0.15, 0.2) is 5.82 Å². The molecule has 4 rings (SSSR count). The molecule has 0 saturated carbocycles. The number of carbonyl (C=O) groups is 1. The van der Waals surface area contributed by atoms with Crippen LogP contribution in [0.5, 0.6) is 0 Å². The Bertz CT molecular complexity index is 893. The lowest BCUT2D eigenvalue weighted by Gasteiger charge is -2.26. The van der Waals surface area contributed by atoms with Gasteiger partial charge in [-0.3, -0.25) is 9.20 Å². The molecule has 1 N–H and O–H groups in total. The zero-order valence-electron chi connectivity index (χ0n) is 12.9. The molecule has 3 heterocycles. The van der Waals surface area contributed by atoms with Gasteiger partial charge in [-0.05, 0) is 17.7 Å². The average Bonchev–Trinajstić information content (AvgIpc) is 3.15. The molecular formula is C16H15ClN6O. The normalized spacial score (nSPS) is 20.8. The van der Waals surface area contributed by atoms with Crippen LogP contribution >= 0.6 is 11.6 Å². The van der Waals surface area contributed by atoms with E-state index < -0.39 is 0 Å². The molecule has 1 fully saturated rings. The summed E-state index contributed by atoms with van der Waals surface area (Å²) < 4.78 is 1.78. The predicted molar refractivity (Wildman–Crippen MR) is 89.8 cm³/mol. The van der Waals surface area contributed by atoms with Gasteiger partial charge < -0.3 is 10.2 Å². The van der Waals surface area contributed by atoms with E-state index >= 15 is 0 Å². The molecule has 3 aromatic rings. The molecule has 0 bridgehead atoms. The highest BCUT2D eigenvalue weighted by Crippen LogP contribution is 2.34. The number of rotatable bonds is 3. The summed E-state index contributed by atoms with van der Waals surface area (Å²) in [5.41, 5.74) is 1.66. The van der Waals surface area contributed by atoms with Crippen LogP contribution in [0.1, 0.15) is 18.0 Å². The van der Waals surface area contributed by atoms with E-state index in [0.29, 0.717) is 22.9 Å². The first kappa shape index (κ1) is 14.9. The topological polar surface area (TPSA) is 75.4 Å². The third-order valence-electron chi connectivity index (χ3n) is 4.34. The van der Waals surface area contributed by atoms with Gasteiger partial charge in [0.1, 0.15) is 6.33 Å². The number of aromatic nitrogens is 4. The molecule has 1 saturated heterocycles. The fourth-order valence-electron chi connectivity index (χ4n) is 3.15. The number of anilines is 1. The third kappa shape index (κ3) is 2.46. The number of hydrogen-bond acceptors (Lipinski definition) is 5. The third-order valence-corrected chi connectivity index (χ3v) is 4.59. The minimum absolute atomic E-state index is 0.0841. The number of amides is 1. The maximum absolute atomic E-state index is 12.2. The van der Waals surface area contributed by atoms with Gasteiger partial charge in [-0.1, -0.05) is 23.7 Å². The first-order valence-electron chi connectivity index (χ1n) is 7.55. The standard InChI is InChI=1S/C16H15ClN6O/c1-22-13(24)8-12(14(22)10-2-4-11(17)5-3-10)20-15-16-21-19-9-23(16)7-6-18-15/h2-7,9,12,14H,8H2,1H3,(H,18,20)/t12-,14+/m0/s1. The van der Waals surface area contributed by atoms with Gasteiger partial charge in [0.25, 0.3) is 0 Å². The van der Waals surface area contributed by atoms with E-state index in [2.05, 4.69) is 20.5 Å². The molecule has 1 aromatic carbocycles.